The number of benzene rings is 1. The molecule has 2 rings (SSSR count). The number of methoxy groups -OCH3 is 3. The Kier molecular flexibility index (Phi) is 3.75. The van der Waals surface area contributed by atoms with Crippen molar-refractivity contribution in [1.82, 2.24) is 4.57 Å². The Morgan fingerprint density at radius 3 is 2.47 bits per heavy atom. The van der Waals surface area contributed by atoms with E-state index in [1.54, 1.807) is 30.9 Å². The predicted molar refractivity (Wildman–Crippen MR) is 70.8 cm³/mol. The summed E-state index contributed by atoms with van der Waals surface area (Å²) in [6.45, 7) is 0.00478. The molecule has 0 aliphatic heterocycles. The highest BCUT2D eigenvalue weighted by Crippen LogP contribution is 2.33. The lowest BCUT2D eigenvalue weighted by molar-refractivity contribution is -0.141. The molecular weight excluding hydrogens is 268 g/mol. The van der Waals surface area contributed by atoms with Gasteiger partial charge >= 0.3 is 5.97 Å². The maximum absolute atomic E-state index is 11.4. The molecule has 0 radical (unpaired) electrons. The molecule has 0 saturated carbocycles. The van der Waals surface area contributed by atoms with Crippen molar-refractivity contribution >= 4 is 27.5 Å². The van der Waals surface area contributed by atoms with E-state index in [9.17, 15) is 4.79 Å². The number of nitrogens with zero attached hydrogens (tertiary/aromatic N) is 1. The summed E-state index contributed by atoms with van der Waals surface area (Å²) in [6, 6.07) is 3.55. The van der Waals surface area contributed by atoms with Gasteiger partial charge in [-0.2, -0.15) is 0 Å². The highest BCUT2D eigenvalue weighted by Gasteiger charge is 2.13. The molecule has 0 fully saturated rings. The molecule has 19 heavy (non-hydrogen) atoms. The second kappa shape index (κ2) is 5.31. The summed E-state index contributed by atoms with van der Waals surface area (Å²) in [7, 11) is 4.42. The van der Waals surface area contributed by atoms with Crippen LogP contribution in [0.5, 0.6) is 11.5 Å². The number of hydrogen-bond donors (Lipinski definition) is 1. The largest absolute Gasteiger partial charge is 0.493 e. The summed E-state index contributed by atoms with van der Waals surface area (Å²) in [5.41, 5.74) is 0.748. The average Bonchev–Trinajstić information content (AvgIpc) is 2.72. The van der Waals surface area contributed by atoms with Crippen LogP contribution in [-0.4, -0.2) is 31.9 Å². The first-order valence-electron chi connectivity index (χ1n) is 5.47. The molecule has 0 bridgehead atoms. The fraction of sp³-hybridized carbons (Fsp3) is 0.333. The Labute approximate surface area is 113 Å². The molecule has 1 N–H and O–H groups in total. The topological polar surface area (TPSA) is 73.5 Å². The summed E-state index contributed by atoms with van der Waals surface area (Å²) in [5, 5.41) is 7.91. The molecule has 0 amide bonds. The molecule has 1 aromatic heterocycles. The van der Waals surface area contributed by atoms with E-state index in [-0.39, 0.29) is 11.3 Å². The van der Waals surface area contributed by atoms with Gasteiger partial charge in [-0.3, -0.25) is 10.2 Å². The van der Waals surface area contributed by atoms with Crippen molar-refractivity contribution in [2.24, 2.45) is 0 Å². The second-order valence-electron chi connectivity index (χ2n) is 3.74. The predicted octanol–water partition coefficient (Wildman–Crippen LogP) is 1.37. The number of hydrogen-bond acceptors (Lipinski definition) is 6. The van der Waals surface area contributed by atoms with Gasteiger partial charge in [0.05, 0.1) is 31.5 Å². The summed E-state index contributed by atoms with van der Waals surface area (Å²) in [5.74, 6) is 0.765. The van der Waals surface area contributed by atoms with Gasteiger partial charge in [-0.15, -0.1) is 0 Å². The van der Waals surface area contributed by atoms with E-state index in [0.717, 1.165) is 10.2 Å². The monoisotopic (exact) mass is 282 g/mol. The summed E-state index contributed by atoms with van der Waals surface area (Å²) < 4.78 is 17.5. The second-order valence-corrected chi connectivity index (χ2v) is 4.78. The maximum Gasteiger partial charge on any atom is 0.325 e. The van der Waals surface area contributed by atoms with Crippen molar-refractivity contribution in [3.05, 3.63) is 16.9 Å². The van der Waals surface area contributed by atoms with Crippen molar-refractivity contribution in [2.45, 2.75) is 6.54 Å². The minimum Gasteiger partial charge on any atom is -0.493 e. The maximum atomic E-state index is 11.4. The van der Waals surface area contributed by atoms with Gasteiger partial charge in [-0.1, -0.05) is 11.3 Å². The zero-order chi connectivity index (χ0) is 14.0. The molecule has 0 spiro atoms. The molecule has 0 saturated heterocycles. The van der Waals surface area contributed by atoms with E-state index < -0.39 is 5.97 Å². The lowest BCUT2D eigenvalue weighted by Gasteiger charge is -2.08. The van der Waals surface area contributed by atoms with E-state index in [1.165, 1.54) is 18.4 Å². The number of thiazole rings is 1. The Morgan fingerprint density at radius 1 is 1.26 bits per heavy atom. The number of nitrogens with one attached hydrogen (secondary N) is 1. The Morgan fingerprint density at radius 2 is 1.89 bits per heavy atom. The molecule has 1 heterocycles. The fourth-order valence-corrected chi connectivity index (χ4v) is 2.68. The van der Waals surface area contributed by atoms with Crippen LogP contribution >= 0.6 is 11.3 Å². The number of esters is 1. The molecule has 0 aliphatic rings. The first kappa shape index (κ1) is 13.4. The van der Waals surface area contributed by atoms with Gasteiger partial charge in [-0.25, -0.2) is 0 Å². The third kappa shape index (κ3) is 2.41. The van der Waals surface area contributed by atoms with Crippen LogP contribution in [0.4, 0.5) is 0 Å². The van der Waals surface area contributed by atoms with Gasteiger partial charge in [0, 0.05) is 12.1 Å². The minimum absolute atomic E-state index is 0.00478. The van der Waals surface area contributed by atoms with Gasteiger partial charge < -0.3 is 18.8 Å². The molecule has 6 nitrogen and oxygen atoms in total. The van der Waals surface area contributed by atoms with E-state index in [1.807, 2.05) is 0 Å². The average molecular weight is 282 g/mol. The third-order valence-corrected chi connectivity index (χ3v) is 3.68. The summed E-state index contributed by atoms with van der Waals surface area (Å²) in [4.78, 5) is 11.6. The smallest absolute Gasteiger partial charge is 0.325 e. The van der Waals surface area contributed by atoms with Crippen molar-refractivity contribution in [3.8, 4) is 11.5 Å². The SMILES string of the molecule is COC(=O)Cn1c(=N)sc2cc(OC)c(OC)cc21. The highest BCUT2D eigenvalue weighted by atomic mass is 32.1. The van der Waals surface area contributed by atoms with E-state index in [4.69, 9.17) is 14.9 Å². The Balaban J connectivity index is 2.62. The van der Waals surface area contributed by atoms with E-state index in [0.29, 0.717) is 11.5 Å². The number of ether oxygens (including phenoxy) is 3. The van der Waals surface area contributed by atoms with Gasteiger partial charge in [-0.05, 0) is 0 Å². The van der Waals surface area contributed by atoms with Crippen molar-refractivity contribution in [1.29, 1.82) is 5.41 Å². The molecule has 102 valence electrons. The number of carbonyl (C=O) groups is 1. The van der Waals surface area contributed by atoms with Crippen LogP contribution in [-0.2, 0) is 16.1 Å². The normalized spacial score (nSPS) is 10.5. The third-order valence-electron chi connectivity index (χ3n) is 2.72. The lowest BCUT2D eigenvalue weighted by Crippen LogP contribution is -2.20. The van der Waals surface area contributed by atoms with Crippen molar-refractivity contribution in [3.63, 3.8) is 0 Å². The van der Waals surface area contributed by atoms with Gasteiger partial charge in [0.15, 0.2) is 16.3 Å². The number of fused-ring (bicyclic) bond motifs is 1. The van der Waals surface area contributed by atoms with Crippen LogP contribution in [0, 0.1) is 5.41 Å². The highest BCUT2D eigenvalue weighted by molar-refractivity contribution is 7.16. The van der Waals surface area contributed by atoms with Crippen LogP contribution < -0.4 is 14.3 Å². The molecular formula is C12H14N2O4S. The molecule has 1 aromatic carbocycles. The summed E-state index contributed by atoms with van der Waals surface area (Å²) in [6.07, 6.45) is 0. The first-order chi connectivity index (χ1) is 9.10. The molecule has 0 unspecified atom stereocenters. The van der Waals surface area contributed by atoms with Gasteiger partial charge in [0.1, 0.15) is 6.54 Å². The standard InChI is InChI=1S/C12H14N2O4S/c1-16-8-4-7-10(5-9(8)17-2)19-12(13)14(7)6-11(15)18-3/h4-5,13H,6H2,1-3H3. The van der Waals surface area contributed by atoms with Gasteiger partial charge in [0.25, 0.3) is 0 Å². The number of rotatable bonds is 4. The molecule has 0 aliphatic carbocycles. The van der Waals surface area contributed by atoms with Gasteiger partial charge in [0.2, 0.25) is 0 Å². The van der Waals surface area contributed by atoms with E-state index in [2.05, 4.69) is 4.74 Å². The first-order valence-corrected chi connectivity index (χ1v) is 6.29. The molecule has 7 heteroatoms. The minimum atomic E-state index is -0.395. The van der Waals surface area contributed by atoms with E-state index >= 15 is 0 Å². The quantitative estimate of drug-likeness (QED) is 0.860. The van der Waals surface area contributed by atoms with Crippen molar-refractivity contribution in [2.75, 3.05) is 21.3 Å². The summed E-state index contributed by atoms with van der Waals surface area (Å²) >= 11 is 1.27. The molecule has 0 atom stereocenters. The Bertz CT molecular complexity index is 674. The number of aromatic nitrogens is 1. The zero-order valence-electron chi connectivity index (χ0n) is 10.9. The van der Waals surface area contributed by atoms with Crippen LogP contribution in [0.25, 0.3) is 10.2 Å². The van der Waals surface area contributed by atoms with Crippen LogP contribution in [0.2, 0.25) is 0 Å². The van der Waals surface area contributed by atoms with Crippen LogP contribution in [0.15, 0.2) is 12.1 Å². The fourth-order valence-electron chi connectivity index (χ4n) is 1.76. The zero-order valence-corrected chi connectivity index (χ0v) is 11.7. The Hall–Kier alpha value is -2.02. The number of carbonyl (C=O) groups excluding carboxylic acids is 1. The van der Waals surface area contributed by atoms with Crippen LogP contribution in [0.3, 0.4) is 0 Å². The lowest BCUT2D eigenvalue weighted by atomic mass is 10.3. The molecule has 2 aromatic rings. The van der Waals surface area contributed by atoms with Crippen LogP contribution in [0.1, 0.15) is 0 Å². The van der Waals surface area contributed by atoms with Crippen molar-refractivity contribution < 1.29 is 19.0 Å².